The third-order valence-corrected chi connectivity index (χ3v) is 9.90. The summed E-state index contributed by atoms with van der Waals surface area (Å²) < 4.78 is 36.1. The molecule has 4 aromatic carbocycles. The molecule has 0 bridgehead atoms. The Morgan fingerprint density at radius 3 is 2.34 bits per heavy atom. The minimum Gasteiger partial charge on any atom is -0.490 e. The molecule has 210 valence electrons. The Hall–Kier alpha value is -4.37. The summed E-state index contributed by atoms with van der Waals surface area (Å²) in [5.41, 5.74) is 8.80. The van der Waals surface area contributed by atoms with Crippen molar-refractivity contribution >= 4 is 38.2 Å². The van der Waals surface area contributed by atoms with Crippen molar-refractivity contribution in [3.8, 4) is 5.75 Å². The van der Waals surface area contributed by atoms with Gasteiger partial charge >= 0.3 is 0 Å². The van der Waals surface area contributed by atoms with E-state index in [1.165, 1.54) is 0 Å². The lowest BCUT2D eigenvalue weighted by molar-refractivity contribution is 0.130. The second-order valence-corrected chi connectivity index (χ2v) is 12.6. The fourth-order valence-electron chi connectivity index (χ4n) is 5.87. The van der Waals surface area contributed by atoms with Crippen LogP contribution in [0.15, 0.2) is 89.8 Å². The van der Waals surface area contributed by atoms with Crippen LogP contribution < -0.4 is 14.8 Å². The fourth-order valence-corrected chi connectivity index (χ4v) is 7.57. The number of likely N-dealkylation sites (tertiary alicyclic amines) is 1. The van der Waals surface area contributed by atoms with E-state index < -0.39 is 16.1 Å². The molecule has 0 aromatic heterocycles. The van der Waals surface area contributed by atoms with Gasteiger partial charge in [-0.05, 0) is 71.3 Å². The molecule has 1 atom stereocenters. The van der Waals surface area contributed by atoms with E-state index in [0.29, 0.717) is 23.5 Å². The van der Waals surface area contributed by atoms with Crippen LogP contribution in [0.4, 0.5) is 5.69 Å². The number of sulfonamides is 1. The number of nitrogens with one attached hydrogen (secondary N) is 2. The molecule has 4 aromatic rings. The lowest BCUT2D eigenvalue weighted by Crippen LogP contribution is -2.40. The Labute approximate surface area is 240 Å². The highest BCUT2D eigenvalue weighted by atomic mass is 32.2. The molecule has 0 aliphatic carbocycles. The average molecular weight is 568 g/mol. The first kappa shape index (κ1) is 26.8. The first-order valence-corrected chi connectivity index (χ1v) is 15.2. The van der Waals surface area contributed by atoms with Crippen molar-refractivity contribution in [3.05, 3.63) is 102 Å². The zero-order valence-electron chi connectivity index (χ0n) is 22.9. The zero-order valence-corrected chi connectivity index (χ0v) is 23.7. The largest absolute Gasteiger partial charge is 0.490 e. The summed E-state index contributed by atoms with van der Waals surface area (Å²) in [6, 6.07) is 25.4. The number of piperidine rings is 1. The number of hydrogen-bond donors (Lipinski definition) is 3. The average Bonchev–Trinajstić information content (AvgIpc) is 3.37. The summed E-state index contributed by atoms with van der Waals surface area (Å²) in [6.07, 6.45) is 2.23. The molecule has 2 heterocycles. The van der Waals surface area contributed by atoms with Gasteiger partial charge in [-0.25, -0.2) is 8.42 Å². The number of benzene rings is 4. The van der Waals surface area contributed by atoms with E-state index in [9.17, 15) is 8.42 Å². The third kappa shape index (κ3) is 5.13. The van der Waals surface area contributed by atoms with Gasteiger partial charge in [0.2, 0.25) is 0 Å². The van der Waals surface area contributed by atoms with E-state index in [0.717, 1.165) is 53.6 Å². The predicted octanol–water partition coefficient (Wildman–Crippen LogP) is 5.46. The van der Waals surface area contributed by atoms with Gasteiger partial charge in [-0.15, -0.1) is 0 Å². The fraction of sp³-hybridized carbons (Fsp3) is 0.250. The van der Waals surface area contributed by atoms with Crippen molar-refractivity contribution in [2.24, 2.45) is 5.73 Å². The molecule has 9 heteroatoms. The Morgan fingerprint density at radius 1 is 0.902 bits per heavy atom. The number of nitrogens with two attached hydrogens (primary N) is 1. The molecular formula is C32H33N5O3S. The van der Waals surface area contributed by atoms with Crippen molar-refractivity contribution in [1.29, 1.82) is 10.8 Å². The number of hydrogen-bond acceptors (Lipinski definition) is 5. The molecule has 8 nitrogen and oxygen atoms in total. The Morgan fingerprint density at radius 2 is 1.63 bits per heavy atom. The molecular weight excluding hydrogens is 534 g/mol. The minimum absolute atomic E-state index is 0.00924. The first-order chi connectivity index (χ1) is 19.7. The maximum atomic E-state index is 14.1. The summed E-state index contributed by atoms with van der Waals surface area (Å²) in [5, 5.41) is 17.6. The predicted molar refractivity (Wildman–Crippen MR) is 163 cm³/mol. The number of fused-ring (bicyclic) bond motifs is 2. The lowest BCUT2D eigenvalue weighted by Gasteiger charge is -2.33. The number of nitrogens with zero attached hydrogens (tertiary/aromatic N) is 2. The number of nitrogen functional groups attached to an aromatic ring is 1. The third-order valence-electron chi connectivity index (χ3n) is 8.06. The summed E-state index contributed by atoms with van der Waals surface area (Å²) >= 11 is 0. The number of ether oxygens (including phenoxy) is 1. The highest BCUT2D eigenvalue weighted by Crippen LogP contribution is 2.46. The Bertz CT molecular complexity index is 1750. The van der Waals surface area contributed by atoms with Crippen LogP contribution in [0.2, 0.25) is 0 Å². The van der Waals surface area contributed by atoms with Crippen LogP contribution in [0.25, 0.3) is 10.8 Å². The van der Waals surface area contributed by atoms with Gasteiger partial charge in [0.1, 0.15) is 17.7 Å². The highest BCUT2D eigenvalue weighted by Gasteiger charge is 2.39. The van der Waals surface area contributed by atoms with E-state index in [1.54, 1.807) is 28.6 Å². The van der Waals surface area contributed by atoms with Crippen LogP contribution in [0, 0.1) is 10.8 Å². The van der Waals surface area contributed by atoms with Crippen molar-refractivity contribution in [1.82, 2.24) is 4.90 Å². The van der Waals surface area contributed by atoms with Crippen molar-refractivity contribution in [2.45, 2.75) is 43.2 Å². The maximum Gasteiger partial charge on any atom is 0.264 e. The molecule has 2 aliphatic rings. The molecule has 0 saturated carbocycles. The number of anilines is 1. The van der Waals surface area contributed by atoms with E-state index in [4.69, 9.17) is 21.3 Å². The van der Waals surface area contributed by atoms with Crippen LogP contribution in [0.3, 0.4) is 0 Å². The van der Waals surface area contributed by atoms with Crippen molar-refractivity contribution < 1.29 is 13.2 Å². The zero-order chi connectivity index (χ0) is 28.7. The van der Waals surface area contributed by atoms with Gasteiger partial charge < -0.3 is 15.4 Å². The van der Waals surface area contributed by atoms with Crippen molar-refractivity contribution in [2.75, 3.05) is 17.4 Å². The van der Waals surface area contributed by atoms with E-state index >= 15 is 0 Å². The number of amidine groups is 2. The van der Waals surface area contributed by atoms with Crippen LogP contribution in [-0.4, -0.2) is 44.2 Å². The monoisotopic (exact) mass is 567 g/mol. The molecule has 0 amide bonds. The molecule has 1 fully saturated rings. The van der Waals surface area contributed by atoms with Gasteiger partial charge in [0, 0.05) is 37.9 Å². The second-order valence-electron chi connectivity index (χ2n) is 10.7. The highest BCUT2D eigenvalue weighted by molar-refractivity contribution is 7.92. The van der Waals surface area contributed by atoms with E-state index in [2.05, 4.69) is 4.90 Å². The SMILES string of the molecule is CC(=N)N1CCC(Oc2ccc3c(c2)CC(c2ccc4ccc(C(=N)N)cc4c2)N3S(=O)(=O)c2ccccc2)CC1. The summed E-state index contributed by atoms with van der Waals surface area (Å²) in [7, 11) is -3.87. The first-order valence-electron chi connectivity index (χ1n) is 13.8. The van der Waals surface area contributed by atoms with Gasteiger partial charge in [0.15, 0.2) is 0 Å². The quantitative estimate of drug-likeness (QED) is 0.211. The normalized spacial score (nSPS) is 17.4. The van der Waals surface area contributed by atoms with Gasteiger partial charge in [-0.2, -0.15) is 0 Å². The molecule has 1 unspecified atom stereocenters. The van der Waals surface area contributed by atoms with Crippen LogP contribution in [0.1, 0.15) is 42.5 Å². The Balaban J connectivity index is 1.37. The molecule has 0 spiro atoms. The van der Waals surface area contributed by atoms with Gasteiger partial charge in [-0.3, -0.25) is 15.1 Å². The second kappa shape index (κ2) is 10.6. The maximum absolute atomic E-state index is 14.1. The molecule has 41 heavy (non-hydrogen) atoms. The van der Waals surface area contributed by atoms with Gasteiger partial charge in [0.05, 0.1) is 22.5 Å². The molecule has 6 rings (SSSR count). The smallest absolute Gasteiger partial charge is 0.264 e. The molecule has 0 radical (unpaired) electrons. The molecule has 2 aliphatic heterocycles. The lowest BCUT2D eigenvalue weighted by atomic mass is 9.98. The number of rotatable bonds is 6. The topological polar surface area (TPSA) is 124 Å². The molecule has 4 N–H and O–H groups in total. The summed E-state index contributed by atoms with van der Waals surface area (Å²) in [6.45, 7) is 3.40. The minimum atomic E-state index is -3.87. The summed E-state index contributed by atoms with van der Waals surface area (Å²) in [5.74, 6) is 1.30. The Kier molecular flexibility index (Phi) is 6.91. The van der Waals surface area contributed by atoms with Gasteiger partial charge in [0.25, 0.3) is 10.0 Å². The molecule has 1 saturated heterocycles. The van der Waals surface area contributed by atoms with Crippen LogP contribution >= 0.6 is 0 Å². The standard InChI is InChI=1S/C32H33N5O3S/c1-21(33)36-15-13-27(14-16-36)40-28-11-12-30-26(19-28)20-31(37(30)41(38,39)29-5-3-2-4-6-29)23-9-7-22-8-10-24(32(34)35)18-25(22)17-23/h2-12,17-19,27,31,33H,13-16,20H2,1H3,(H3,34,35). The van der Waals surface area contributed by atoms with Crippen LogP contribution in [-0.2, 0) is 16.4 Å². The van der Waals surface area contributed by atoms with Crippen molar-refractivity contribution in [3.63, 3.8) is 0 Å². The van der Waals surface area contributed by atoms with E-state index in [1.807, 2.05) is 67.6 Å². The van der Waals surface area contributed by atoms with Crippen LogP contribution in [0.5, 0.6) is 5.75 Å². The summed E-state index contributed by atoms with van der Waals surface area (Å²) in [4.78, 5) is 2.30. The van der Waals surface area contributed by atoms with Gasteiger partial charge in [-0.1, -0.05) is 42.5 Å². The van der Waals surface area contributed by atoms with E-state index in [-0.39, 0.29) is 16.8 Å².